The predicted octanol–water partition coefficient (Wildman–Crippen LogP) is 2.10. The van der Waals surface area contributed by atoms with Gasteiger partial charge in [-0.2, -0.15) is 0 Å². The molecular weight excluding hydrogens is 540 g/mol. The molecule has 1 amide bonds. The summed E-state index contributed by atoms with van der Waals surface area (Å²) < 4.78 is 24.4. The van der Waals surface area contributed by atoms with E-state index in [1.54, 1.807) is 19.5 Å². The molecule has 0 unspecified atom stereocenters. The first-order valence-electron chi connectivity index (χ1n) is 14.1. The molecule has 4 atom stereocenters. The van der Waals surface area contributed by atoms with Crippen LogP contribution in [0.15, 0.2) is 65.8 Å². The molecule has 42 heavy (non-hydrogen) atoms. The number of pyridine rings is 1. The van der Waals surface area contributed by atoms with Crippen molar-refractivity contribution in [3.05, 3.63) is 77.1 Å². The SMILES string of the molecule is CO[C@@H]1CO[C@H]2[C@@H]1OC[C@H]2OCCCNc1cnc(-c2ccccc2)n(CC(=O)NCc2cc3cnccc3[nH]2)c1=O. The summed E-state index contributed by atoms with van der Waals surface area (Å²) in [6.45, 7) is 2.05. The minimum Gasteiger partial charge on any atom is -0.379 e. The largest absolute Gasteiger partial charge is 0.379 e. The fourth-order valence-electron chi connectivity index (χ4n) is 5.40. The van der Waals surface area contributed by atoms with Crippen molar-refractivity contribution in [1.29, 1.82) is 0 Å². The lowest BCUT2D eigenvalue weighted by atomic mass is 10.1. The van der Waals surface area contributed by atoms with Crippen LogP contribution >= 0.6 is 0 Å². The molecule has 3 N–H and O–H groups in total. The molecule has 2 aliphatic heterocycles. The number of aromatic amines is 1. The van der Waals surface area contributed by atoms with Crippen molar-refractivity contribution in [2.24, 2.45) is 0 Å². The molecule has 1 aromatic carbocycles. The van der Waals surface area contributed by atoms with Gasteiger partial charge in [-0.1, -0.05) is 30.3 Å². The number of carbonyl (C=O) groups excluding carboxylic acids is 1. The van der Waals surface area contributed by atoms with Gasteiger partial charge in [-0.3, -0.25) is 19.1 Å². The van der Waals surface area contributed by atoms with Crippen LogP contribution in [0.5, 0.6) is 0 Å². The molecule has 220 valence electrons. The Morgan fingerprint density at radius 3 is 2.74 bits per heavy atom. The zero-order chi connectivity index (χ0) is 28.9. The van der Waals surface area contributed by atoms with Gasteiger partial charge in [-0.15, -0.1) is 0 Å². The van der Waals surface area contributed by atoms with Crippen LogP contribution in [-0.4, -0.2) is 83.3 Å². The summed E-state index contributed by atoms with van der Waals surface area (Å²) in [6.07, 6.45) is 5.23. The highest BCUT2D eigenvalue weighted by Gasteiger charge is 2.48. The molecule has 4 aromatic rings. The summed E-state index contributed by atoms with van der Waals surface area (Å²) in [5.41, 5.74) is 2.52. The second kappa shape index (κ2) is 12.8. The lowest BCUT2D eigenvalue weighted by Crippen LogP contribution is -2.34. The first-order valence-corrected chi connectivity index (χ1v) is 14.1. The Hall–Kier alpha value is -4.10. The summed E-state index contributed by atoms with van der Waals surface area (Å²) in [5.74, 6) is 0.114. The van der Waals surface area contributed by atoms with Gasteiger partial charge < -0.3 is 34.6 Å². The van der Waals surface area contributed by atoms with E-state index >= 15 is 0 Å². The number of anilines is 1. The molecule has 0 radical (unpaired) electrons. The molecule has 12 nitrogen and oxygen atoms in total. The van der Waals surface area contributed by atoms with Crippen molar-refractivity contribution in [2.45, 2.75) is 43.9 Å². The first kappa shape index (κ1) is 28.0. The average Bonchev–Trinajstić information content (AvgIpc) is 3.73. The summed E-state index contributed by atoms with van der Waals surface area (Å²) in [4.78, 5) is 38.5. The summed E-state index contributed by atoms with van der Waals surface area (Å²) in [7, 11) is 1.66. The predicted molar refractivity (Wildman–Crippen MR) is 155 cm³/mol. The number of carbonyl (C=O) groups is 1. The molecule has 2 aliphatic rings. The zero-order valence-corrected chi connectivity index (χ0v) is 23.3. The van der Waals surface area contributed by atoms with E-state index in [2.05, 4.69) is 25.6 Å². The van der Waals surface area contributed by atoms with E-state index in [1.807, 2.05) is 42.5 Å². The van der Waals surface area contributed by atoms with Crippen LogP contribution in [0.3, 0.4) is 0 Å². The molecule has 0 saturated carbocycles. The van der Waals surface area contributed by atoms with Crippen molar-refractivity contribution < 1.29 is 23.7 Å². The molecule has 6 rings (SSSR count). The molecule has 0 spiro atoms. The number of H-pyrrole nitrogens is 1. The second-order valence-electron chi connectivity index (χ2n) is 10.3. The van der Waals surface area contributed by atoms with Crippen molar-refractivity contribution in [2.75, 3.05) is 38.8 Å². The van der Waals surface area contributed by atoms with E-state index in [9.17, 15) is 9.59 Å². The Labute approximate surface area is 242 Å². The van der Waals surface area contributed by atoms with Crippen molar-refractivity contribution in [3.8, 4) is 11.4 Å². The van der Waals surface area contributed by atoms with Crippen molar-refractivity contribution >= 4 is 22.5 Å². The Kier molecular flexibility index (Phi) is 8.56. The third-order valence-corrected chi connectivity index (χ3v) is 7.57. The van der Waals surface area contributed by atoms with E-state index < -0.39 is 0 Å². The van der Waals surface area contributed by atoms with E-state index in [0.717, 1.165) is 22.2 Å². The van der Waals surface area contributed by atoms with Gasteiger partial charge >= 0.3 is 0 Å². The number of rotatable bonds is 12. The smallest absolute Gasteiger partial charge is 0.277 e. The quantitative estimate of drug-likeness (QED) is 0.217. The van der Waals surface area contributed by atoms with Gasteiger partial charge in [0, 0.05) is 54.8 Å². The number of hydrogen-bond acceptors (Lipinski definition) is 9. The minimum atomic E-state index is -0.325. The molecule has 0 aliphatic carbocycles. The fourth-order valence-corrected chi connectivity index (χ4v) is 5.40. The lowest BCUT2D eigenvalue weighted by molar-refractivity contribution is -0.121. The van der Waals surface area contributed by atoms with Crippen LogP contribution in [0, 0.1) is 0 Å². The second-order valence-corrected chi connectivity index (χ2v) is 10.3. The zero-order valence-electron chi connectivity index (χ0n) is 23.3. The van der Waals surface area contributed by atoms with Gasteiger partial charge in [0.2, 0.25) is 5.91 Å². The molecule has 3 aromatic heterocycles. The van der Waals surface area contributed by atoms with Crippen LogP contribution in [-0.2, 0) is 36.8 Å². The highest BCUT2D eigenvalue weighted by Crippen LogP contribution is 2.30. The van der Waals surface area contributed by atoms with Gasteiger partial charge in [-0.25, -0.2) is 4.98 Å². The maximum Gasteiger partial charge on any atom is 0.277 e. The van der Waals surface area contributed by atoms with Gasteiger partial charge in [0.25, 0.3) is 5.56 Å². The molecular formula is C30H34N6O6. The Morgan fingerprint density at radius 2 is 1.93 bits per heavy atom. The van der Waals surface area contributed by atoms with Crippen LogP contribution in [0.4, 0.5) is 5.69 Å². The van der Waals surface area contributed by atoms with Crippen LogP contribution in [0.2, 0.25) is 0 Å². The fraction of sp³-hybridized carbons (Fsp3) is 0.400. The van der Waals surface area contributed by atoms with Crippen LogP contribution < -0.4 is 16.2 Å². The topological polar surface area (TPSA) is 142 Å². The van der Waals surface area contributed by atoms with E-state index in [4.69, 9.17) is 18.9 Å². The molecule has 12 heteroatoms. The Balaban J connectivity index is 1.07. The maximum atomic E-state index is 13.5. The maximum absolute atomic E-state index is 13.5. The van der Waals surface area contributed by atoms with Crippen LogP contribution in [0.1, 0.15) is 12.1 Å². The highest BCUT2D eigenvalue weighted by molar-refractivity contribution is 5.80. The monoisotopic (exact) mass is 574 g/mol. The summed E-state index contributed by atoms with van der Waals surface area (Å²) >= 11 is 0. The first-order chi connectivity index (χ1) is 20.6. The van der Waals surface area contributed by atoms with Gasteiger partial charge in [-0.05, 0) is 18.6 Å². The number of fused-ring (bicyclic) bond motifs is 2. The molecule has 5 heterocycles. The minimum absolute atomic E-state index is 0.0629. The number of ether oxygens (including phenoxy) is 4. The van der Waals surface area contributed by atoms with Crippen molar-refractivity contribution in [3.63, 3.8) is 0 Å². The normalized spacial score (nSPS) is 21.5. The van der Waals surface area contributed by atoms with E-state index in [0.29, 0.717) is 50.8 Å². The van der Waals surface area contributed by atoms with Crippen LogP contribution in [0.25, 0.3) is 22.3 Å². The van der Waals surface area contributed by atoms with E-state index in [1.165, 1.54) is 10.8 Å². The number of benzene rings is 1. The number of aromatic nitrogens is 4. The average molecular weight is 575 g/mol. The standard InChI is InChI=1S/C30H34N6O6/c1-39-24-17-41-28-25(18-42-27(24)28)40-11-5-9-32-23-15-34-29(19-6-3-2-4-7-19)36(30(23)38)16-26(37)33-14-21-12-20-13-31-10-8-22(20)35-21/h2-4,6-8,10,12-13,15,24-25,27-28,32,35H,5,9,11,14,16-18H2,1H3,(H,33,37)/t24-,25-,27-,28-/m1/s1. The number of nitrogens with one attached hydrogen (secondary N) is 3. The lowest BCUT2D eigenvalue weighted by Gasteiger charge is -2.17. The summed E-state index contributed by atoms with van der Waals surface area (Å²) in [6, 6.07) is 13.2. The molecule has 2 fully saturated rings. The third-order valence-electron chi connectivity index (χ3n) is 7.57. The van der Waals surface area contributed by atoms with Gasteiger partial charge in [0.05, 0.1) is 26.0 Å². The molecule has 2 saturated heterocycles. The van der Waals surface area contributed by atoms with Gasteiger partial charge in [0.15, 0.2) is 0 Å². The molecule has 0 bridgehead atoms. The number of hydrogen-bond donors (Lipinski definition) is 3. The Bertz CT molecular complexity index is 1540. The number of nitrogens with zero attached hydrogens (tertiary/aromatic N) is 3. The van der Waals surface area contributed by atoms with Gasteiger partial charge in [0.1, 0.15) is 42.5 Å². The third kappa shape index (κ3) is 6.07. The number of methoxy groups -OCH3 is 1. The van der Waals surface area contributed by atoms with E-state index in [-0.39, 0.29) is 42.4 Å². The van der Waals surface area contributed by atoms with Crippen molar-refractivity contribution in [1.82, 2.24) is 24.8 Å². The number of amides is 1. The highest BCUT2D eigenvalue weighted by atomic mass is 16.6. The summed E-state index contributed by atoms with van der Waals surface area (Å²) in [5, 5.41) is 7.03. The Morgan fingerprint density at radius 1 is 1.12 bits per heavy atom.